The van der Waals surface area contributed by atoms with Gasteiger partial charge in [0.05, 0.1) is 17.9 Å². The first kappa shape index (κ1) is 7.19. The number of methoxy groups -OCH3 is 1. The van der Waals surface area contributed by atoms with Gasteiger partial charge in [-0.05, 0) is 11.5 Å². The van der Waals surface area contributed by atoms with Gasteiger partial charge in [0.25, 0.3) is 0 Å². The normalized spacial score (nSPS) is 9.20. The maximum Gasteiger partial charge on any atom is 0.102 e. The number of nitrogens with zero attached hydrogens (tertiary/aromatic N) is 2. The van der Waals surface area contributed by atoms with Crippen LogP contribution in [-0.4, -0.2) is 11.5 Å². The SMILES string of the molecule is COCc1nscc1C#N. The van der Waals surface area contributed by atoms with Crippen molar-refractivity contribution in [2.75, 3.05) is 7.11 Å². The molecule has 0 atom stereocenters. The quantitative estimate of drug-likeness (QED) is 0.642. The van der Waals surface area contributed by atoms with Crippen molar-refractivity contribution in [2.45, 2.75) is 6.61 Å². The van der Waals surface area contributed by atoms with Crippen molar-refractivity contribution in [3.63, 3.8) is 0 Å². The lowest BCUT2D eigenvalue weighted by Crippen LogP contribution is -1.89. The molecule has 0 aliphatic heterocycles. The van der Waals surface area contributed by atoms with Gasteiger partial charge in [-0.25, -0.2) is 0 Å². The number of ether oxygens (including phenoxy) is 1. The monoisotopic (exact) mass is 154 g/mol. The molecule has 0 amide bonds. The fourth-order valence-corrected chi connectivity index (χ4v) is 1.22. The summed E-state index contributed by atoms with van der Waals surface area (Å²) in [6.45, 7) is 0.423. The lowest BCUT2D eigenvalue weighted by molar-refractivity contribution is 0.182. The molecule has 0 N–H and O–H groups in total. The van der Waals surface area contributed by atoms with E-state index in [1.54, 1.807) is 12.5 Å². The molecule has 1 aromatic heterocycles. The maximum atomic E-state index is 8.50. The van der Waals surface area contributed by atoms with Crippen molar-refractivity contribution in [2.24, 2.45) is 0 Å². The van der Waals surface area contributed by atoms with Crippen LogP contribution in [0.15, 0.2) is 5.38 Å². The number of aromatic nitrogens is 1. The van der Waals surface area contributed by atoms with Gasteiger partial charge in [0.2, 0.25) is 0 Å². The zero-order valence-electron chi connectivity index (χ0n) is 5.50. The number of rotatable bonds is 2. The van der Waals surface area contributed by atoms with Crippen molar-refractivity contribution in [1.29, 1.82) is 5.26 Å². The molecule has 3 nitrogen and oxygen atoms in total. The molecule has 1 aromatic rings. The lowest BCUT2D eigenvalue weighted by atomic mass is 10.3. The highest BCUT2D eigenvalue weighted by Crippen LogP contribution is 2.09. The Balaban J connectivity index is 2.82. The van der Waals surface area contributed by atoms with Crippen molar-refractivity contribution >= 4 is 11.5 Å². The molecule has 0 aliphatic carbocycles. The van der Waals surface area contributed by atoms with Gasteiger partial charge in [0, 0.05) is 12.5 Å². The van der Waals surface area contributed by atoms with Gasteiger partial charge < -0.3 is 4.74 Å². The van der Waals surface area contributed by atoms with E-state index in [0.717, 1.165) is 5.69 Å². The summed E-state index contributed by atoms with van der Waals surface area (Å²) in [5, 5.41) is 10.2. The first-order valence-electron chi connectivity index (χ1n) is 2.70. The second-order valence-electron chi connectivity index (χ2n) is 1.72. The summed E-state index contributed by atoms with van der Waals surface area (Å²) in [5.74, 6) is 0. The number of hydrogen-bond acceptors (Lipinski definition) is 4. The summed E-state index contributed by atoms with van der Waals surface area (Å²) in [6, 6.07) is 2.03. The minimum absolute atomic E-state index is 0.423. The summed E-state index contributed by atoms with van der Waals surface area (Å²) in [4.78, 5) is 0. The van der Waals surface area contributed by atoms with Crippen LogP contribution in [0.4, 0.5) is 0 Å². The molecule has 1 rings (SSSR count). The third-order valence-corrected chi connectivity index (χ3v) is 1.71. The smallest absolute Gasteiger partial charge is 0.102 e. The van der Waals surface area contributed by atoms with Crippen LogP contribution < -0.4 is 0 Å². The molecule has 10 heavy (non-hydrogen) atoms. The molecule has 52 valence electrons. The van der Waals surface area contributed by atoms with Crippen LogP contribution in [0, 0.1) is 11.3 Å². The largest absolute Gasteiger partial charge is 0.378 e. The molecule has 0 unspecified atom stereocenters. The zero-order valence-corrected chi connectivity index (χ0v) is 6.31. The van der Waals surface area contributed by atoms with Crippen LogP contribution in [0.5, 0.6) is 0 Å². The molecule has 4 heteroatoms. The molecule has 0 aliphatic rings. The van der Waals surface area contributed by atoms with Crippen LogP contribution in [0.2, 0.25) is 0 Å². The van der Waals surface area contributed by atoms with Crippen molar-refractivity contribution in [3.05, 3.63) is 16.6 Å². The van der Waals surface area contributed by atoms with Crippen molar-refractivity contribution in [3.8, 4) is 6.07 Å². The molecule has 0 radical (unpaired) electrons. The van der Waals surface area contributed by atoms with E-state index >= 15 is 0 Å². The van der Waals surface area contributed by atoms with Gasteiger partial charge in [-0.3, -0.25) is 0 Å². The van der Waals surface area contributed by atoms with Crippen LogP contribution in [-0.2, 0) is 11.3 Å². The summed E-state index contributed by atoms with van der Waals surface area (Å²) >= 11 is 1.28. The Labute approximate surface area is 63.0 Å². The molecule has 0 saturated heterocycles. The topological polar surface area (TPSA) is 45.9 Å². The summed E-state index contributed by atoms with van der Waals surface area (Å²) in [5.41, 5.74) is 1.35. The fraction of sp³-hybridized carbons (Fsp3) is 0.333. The molecule has 0 saturated carbocycles. The highest BCUT2D eigenvalue weighted by atomic mass is 32.1. The Bertz CT molecular complexity index is 250. The van der Waals surface area contributed by atoms with Crippen LogP contribution in [0.3, 0.4) is 0 Å². The van der Waals surface area contributed by atoms with E-state index in [0.29, 0.717) is 12.2 Å². The molecule has 0 aromatic carbocycles. The van der Waals surface area contributed by atoms with Gasteiger partial charge >= 0.3 is 0 Å². The molecule has 0 fully saturated rings. The second kappa shape index (κ2) is 3.30. The minimum Gasteiger partial charge on any atom is -0.378 e. The molecular formula is C6H6N2OS. The van der Waals surface area contributed by atoms with E-state index in [1.807, 2.05) is 6.07 Å². The first-order valence-corrected chi connectivity index (χ1v) is 3.54. The average molecular weight is 154 g/mol. The highest BCUT2D eigenvalue weighted by Gasteiger charge is 2.02. The second-order valence-corrected chi connectivity index (χ2v) is 2.35. The van der Waals surface area contributed by atoms with Gasteiger partial charge in [-0.1, -0.05) is 0 Å². The zero-order chi connectivity index (χ0) is 7.40. The number of nitriles is 1. The Morgan fingerprint density at radius 1 is 1.90 bits per heavy atom. The van der Waals surface area contributed by atoms with Crippen molar-refractivity contribution in [1.82, 2.24) is 4.37 Å². The fourth-order valence-electron chi connectivity index (χ4n) is 0.592. The predicted octanol–water partition coefficient (Wildman–Crippen LogP) is 1.16. The molecular weight excluding hydrogens is 148 g/mol. The van der Waals surface area contributed by atoms with E-state index < -0.39 is 0 Å². The van der Waals surface area contributed by atoms with Gasteiger partial charge in [-0.2, -0.15) is 9.64 Å². The maximum absolute atomic E-state index is 8.50. The van der Waals surface area contributed by atoms with Gasteiger partial charge in [0.1, 0.15) is 6.07 Å². The summed E-state index contributed by atoms with van der Waals surface area (Å²) < 4.78 is 8.79. The van der Waals surface area contributed by atoms with E-state index in [4.69, 9.17) is 10.00 Å². The Morgan fingerprint density at radius 2 is 2.70 bits per heavy atom. The van der Waals surface area contributed by atoms with E-state index in [9.17, 15) is 0 Å². The average Bonchev–Trinajstić information content (AvgIpc) is 2.36. The Hall–Kier alpha value is -0.920. The van der Waals surface area contributed by atoms with E-state index in [2.05, 4.69) is 4.37 Å². The molecule has 1 heterocycles. The summed E-state index contributed by atoms with van der Waals surface area (Å²) in [7, 11) is 1.58. The first-order chi connectivity index (χ1) is 4.88. The number of hydrogen-bond donors (Lipinski definition) is 0. The van der Waals surface area contributed by atoms with Gasteiger partial charge in [-0.15, -0.1) is 0 Å². The van der Waals surface area contributed by atoms with Crippen molar-refractivity contribution < 1.29 is 4.74 Å². The molecule has 0 spiro atoms. The Kier molecular flexibility index (Phi) is 2.37. The molecule has 0 bridgehead atoms. The standard InChI is InChI=1S/C6H6N2OS/c1-9-3-6-5(2-7)4-10-8-6/h4H,3H2,1H3. The summed E-state index contributed by atoms with van der Waals surface area (Å²) in [6.07, 6.45) is 0. The third-order valence-electron chi connectivity index (χ3n) is 1.05. The van der Waals surface area contributed by atoms with E-state index in [-0.39, 0.29) is 0 Å². The van der Waals surface area contributed by atoms with Gasteiger partial charge in [0.15, 0.2) is 0 Å². The van der Waals surface area contributed by atoms with E-state index in [1.165, 1.54) is 11.5 Å². The predicted molar refractivity (Wildman–Crippen MR) is 37.5 cm³/mol. The third kappa shape index (κ3) is 1.32. The van der Waals surface area contributed by atoms with Crippen LogP contribution >= 0.6 is 11.5 Å². The minimum atomic E-state index is 0.423. The Morgan fingerprint density at radius 3 is 3.30 bits per heavy atom. The lowest BCUT2D eigenvalue weighted by Gasteiger charge is -1.91. The van der Waals surface area contributed by atoms with Crippen LogP contribution in [0.25, 0.3) is 0 Å². The van der Waals surface area contributed by atoms with Crippen LogP contribution in [0.1, 0.15) is 11.3 Å². The highest BCUT2D eigenvalue weighted by molar-refractivity contribution is 7.03.